The van der Waals surface area contributed by atoms with Gasteiger partial charge in [-0.15, -0.1) is 0 Å². The Morgan fingerprint density at radius 2 is 1.86 bits per heavy atom. The van der Waals surface area contributed by atoms with E-state index in [4.69, 9.17) is 23.8 Å². The van der Waals surface area contributed by atoms with Crippen molar-refractivity contribution in [2.45, 2.75) is 51.0 Å². The summed E-state index contributed by atoms with van der Waals surface area (Å²) in [6.07, 6.45) is 7.26. The summed E-state index contributed by atoms with van der Waals surface area (Å²) in [7, 11) is 0. The van der Waals surface area contributed by atoms with Gasteiger partial charge in [-0.1, -0.05) is 30.9 Å². The molecule has 1 aliphatic carbocycles. The van der Waals surface area contributed by atoms with Gasteiger partial charge in [0, 0.05) is 37.2 Å². The van der Waals surface area contributed by atoms with Crippen LogP contribution in [0.4, 0.5) is 11.4 Å². The SMILES string of the molecule is O=C(C1CCCCC1)N1CCC(NC(=S)Nc2cc([N+](=O)[O-])ccc2Cl)CC1. The fraction of sp³-hybridized carbons (Fsp3) is 0.579. The van der Waals surface area contributed by atoms with E-state index in [0.29, 0.717) is 21.7 Å². The summed E-state index contributed by atoms with van der Waals surface area (Å²) in [6, 6.07) is 4.35. The summed E-state index contributed by atoms with van der Waals surface area (Å²) in [6.45, 7) is 1.46. The number of hydrogen-bond donors (Lipinski definition) is 2. The van der Waals surface area contributed by atoms with Crippen LogP contribution in [0.2, 0.25) is 5.02 Å². The minimum absolute atomic E-state index is 0.0516. The highest BCUT2D eigenvalue weighted by atomic mass is 35.5. The summed E-state index contributed by atoms with van der Waals surface area (Å²) >= 11 is 11.4. The number of nitro groups is 1. The maximum atomic E-state index is 12.6. The number of nitro benzene ring substituents is 1. The Bertz CT molecular complexity index is 747. The molecule has 0 atom stereocenters. The lowest BCUT2D eigenvalue weighted by molar-refractivity contribution is -0.384. The van der Waals surface area contributed by atoms with Crippen LogP contribution in [0.3, 0.4) is 0 Å². The van der Waals surface area contributed by atoms with Crippen molar-refractivity contribution >= 4 is 46.2 Å². The summed E-state index contributed by atoms with van der Waals surface area (Å²) < 4.78 is 0. The van der Waals surface area contributed by atoms with Crippen LogP contribution >= 0.6 is 23.8 Å². The Balaban J connectivity index is 1.48. The van der Waals surface area contributed by atoms with E-state index in [1.54, 1.807) is 0 Å². The van der Waals surface area contributed by atoms with E-state index in [9.17, 15) is 14.9 Å². The lowest BCUT2D eigenvalue weighted by Gasteiger charge is -2.35. The molecule has 0 unspecified atom stereocenters. The van der Waals surface area contributed by atoms with Gasteiger partial charge in [-0.3, -0.25) is 14.9 Å². The minimum Gasteiger partial charge on any atom is -0.360 e. The van der Waals surface area contributed by atoms with Crippen LogP contribution in [0.1, 0.15) is 44.9 Å². The Morgan fingerprint density at radius 1 is 1.18 bits per heavy atom. The lowest BCUT2D eigenvalue weighted by Crippen LogP contribution is -2.49. The van der Waals surface area contributed by atoms with Crippen LogP contribution in [-0.2, 0) is 4.79 Å². The average Bonchev–Trinajstić information content (AvgIpc) is 2.70. The molecule has 0 bridgehead atoms. The molecule has 9 heteroatoms. The molecule has 1 aromatic carbocycles. The summed E-state index contributed by atoms with van der Waals surface area (Å²) in [4.78, 5) is 25.1. The molecular weight excluding hydrogens is 400 g/mol. The Kier molecular flexibility index (Phi) is 7.07. The first-order chi connectivity index (χ1) is 13.4. The van der Waals surface area contributed by atoms with Crippen molar-refractivity contribution in [3.63, 3.8) is 0 Å². The van der Waals surface area contributed by atoms with Gasteiger partial charge >= 0.3 is 0 Å². The van der Waals surface area contributed by atoms with Crippen molar-refractivity contribution < 1.29 is 9.72 Å². The Hall–Kier alpha value is -1.93. The second-order valence-electron chi connectivity index (χ2n) is 7.45. The molecule has 152 valence electrons. The minimum atomic E-state index is -0.475. The van der Waals surface area contributed by atoms with Crippen LogP contribution < -0.4 is 10.6 Å². The van der Waals surface area contributed by atoms with Crippen molar-refractivity contribution in [1.82, 2.24) is 10.2 Å². The van der Waals surface area contributed by atoms with E-state index in [2.05, 4.69) is 10.6 Å². The van der Waals surface area contributed by atoms with Crippen LogP contribution in [0.15, 0.2) is 18.2 Å². The molecule has 0 spiro atoms. The summed E-state index contributed by atoms with van der Waals surface area (Å²) in [5.74, 6) is 0.513. The van der Waals surface area contributed by atoms with Gasteiger partial charge in [-0.25, -0.2) is 0 Å². The number of nitrogens with one attached hydrogen (secondary N) is 2. The molecule has 1 aromatic rings. The van der Waals surface area contributed by atoms with Gasteiger partial charge in [0.2, 0.25) is 5.91 Å². The molecule has 3 rings (SSSR count). The van der Waals surface area contributed by atoms with Crippen molar-refractivity contribution in [3.05, 3.63) is 33.3 Å². The maximum absolute atomic E-state index is 12.6. The van der Waals surface area contributed by atoms with Gasteiger partial charge in [-0.05, 0) is 44.0 Å². The van der Waals surface area contributed by atoms with Crippen molar-refractivity contribution in [2.75, 3.05) is 18.4 Å². The fourth-order valence-corrected chi connectivity index (χ4v) is 4.36. The van der Waals surface area contributed by atoms with Crippen molar-refractivity contribution in [2.24, 2.45) is 5.92 Å². The lowest BCUT2D eigenvalue weighted by atomic mass is 9.87. The van der Waals surface area contributed by atoms with Crippen LogP contribution in [-0.4, -0.2) is 40.0 Å². The third-order valence-corrected chi connectivity index (χ3v) is 6.05. The first-order valence-electron chi connectivity index (χ1n) is 9.74. The van der Waals surface area contributed by atoms with Gasteiger partial charge in [0.15, 0.2) is 5.11 Å². The molecule has 1 aliphatic heterocycles. The number of amides is 1. The zero-order valence-corrected chi connectivity index (χ0v) is 17.2. The number of non-ortho nitro benzene ring substituents is 1. The highest BCUT2D eigenvalue weighted by Gasteiger charge is 2.29. The molecule has 2 N–H and O–H groups in total. The molecular formula is C19H25ClN4O3S. The molecule has 0 aromatic heterocycles. The van der Waals surface area contributed by atoms with E-state index in [-0.39, 0.29) is 17.6 Å². The topological polar surface area (TPSA) is 87.5 Å². The smallest absolute Gasteiger partial charge is 0.271 e. The molecule has 28 heavy (non-hydrogen) atoms. The molecule has 1 saturated carbocycles. The number of benzene rings is 1. The standard InChI is InChI=1S/C19H25ClN4O3S/c20-16-7-6-15(24(26)27)12-17(16)22-19(28)21-14-8-10-23(11-9-14)18(25)13-4-2-1-3-5-13/h6-7,12-14H,1-5,8-11H2,(H2,21,22,28). The number of halogens is 1. The van der Waals surface area contributed by atoms with Crippen molar-refractivity contribution in [1.29, 1.82) is 0 Å². The second-order valence-corrected chi connectivity index (χ2v) is 8.27. The predicted octanol–water partition coefficient (Wildman–Crippen LogP) is 4.11. The summed E-state index contributed by atoms with van der Waals surface area (Å²) in [5.41, 5.74) is 0.350. The third kappa shape index (κ3) is 5.32. The van der Waals surface area contributed by atoms with Crippen molar-refractivity contribution in [3.8, 4) is 0 Å². The molecule has 2 aliphatic rings. The van der Waals surface area contributed by atoms with Gasteiger partial charge in [-0.2, -0.15) is 0 Å². The number of anilines is 1. The molecule has 0 radical (unpaired) electrons. The van der Waals surface area contributed by atoms with E-state index >= 15 is 0 Å². The largest absolute Gasteiger partial charge is 0.360 e. The third-order valence-electron chi connectivity index (χ3n) is 5.51. The fourth-order valence-electron chi connectivity index (χ4n) is 3.92. The van der Waals surface area contributed by atoms with Gasteiger partial charge in [0.05, 0.1) is 15.6 Å². The number of likely N-dealkylation sites (tertiary alicyclic amines) is 1. The molecule has 1 saturated heterocycles. The number of rotatable bonds is 4. The first kappa shape index (κ1) is 20.8. The highest BCUT2D eigenvalue weighted by molar-refractivity contribution is 7.80. The number of thiocarbonyl (C=S) groups is 1. The van der Waals surface area contributed by atoms with E-state index < -0.39 is 4.92 Å². The van der Waals surface area contributed by atoms with E-state index in [0.717, 1.165) is 51.6 Å². The van der Waals surface area contributed by atoms with Crippen LogP contribution in [0.25, 0.3) is 0 Å². The van der Waals surface area contributed by atoms with E-state index in [1.165, 1.54) is 24.6 Å². The number of hydrogen-bond acceptors (Lipinski definition) is 4. The van der Waals surface area contributed by atoms with Crippen LogP contribution in [0.5, 0.6) is 0 Å². The van der Waals surface area contributed by atoms with Gasteiger partial charge < -0.3 is 15.5 Å². The Labute approximate surface area is 175 Å². The average molecular weight is 425 g/mol. The molecule has 1 amide bonds. The van der Waals surface area contributed by atoms with Gasteiger partial charge in [0.25, 0.3) is 5.69 Å². The monoisotopic (exact) mass is 424 g/mol. The number of piperidine rings is 1. The number of carbonyl (C=O) groups is 1. The van der Waals surface area contributed by atoms with E-state index in [1.807, 2.05) is 4.90 Å². The number of nitrogens with zero attached hydrogens (tertiary/aromatic N) is 2. The van der Waals surface area contributed by atoms with Crippen LogP contribution in [0, 0.1) is 16.0 Å². The second kappa shape index (κ2) is 9.52. The molecule has 1 heterocycles. The highest BCUT2D eigenvalue weighted by Crippen LogP contribution is 2.28. The molecule has 7 nitrogen and oxygen atoms in total. The zero-order valence-electron chi connectivity index (χ0n) is 15.7. The number of carbonyl (C=O) groups excluding carboxylic acids is 1. The van der Waals surface area contributed by atoms with Gasteiger partial charge in [0.1, 0.15) is 0 Å². The Morgan fingerprint density at radius 3 is 2.50 bits per heavy atom. The zero-order chi connectivity index (χ0) is 20.1. The molecule has 2 fully saturated rings. The first-order valence-corrected chi connectivity index (χ1v) is 10.5. The predicted molar refractivity (Wildman–Crippen MR) is 114 cm³/mol. The maximum Gasteiger partial charge on any atom is 0.271 e. The normalized spacial score (nSPS) is 18.5. The quantitative estimate of drug-likeness (QED) is 0.429. The summed E-state index contributed by atoms with van der Waals surface area (Å²) in [5, 5.41) is 17.8.